The van der Waals surface area contributed by atoms with Gasteiger partial charge in [0.05, 0.1) is 14.1 Å². The number of amides is 2. The summed E-state index contributed by atoms with van der Waals surface area (Å²) >= 11 is 0. The molecule has 9 rings (SSSR count). The molecule has 5 heterocycles. The maximum atomic E-state index is 13.4. The van der Waals surface area contributed by atoms with Crippen LogP contribution < -0.4 is 25.4 Å². The molecule has 1 fully saturated rings. The second kappa shape index (κ2) is 20.9. The van der Waals surface area contributed by atoms with Crippen molar-refractivity contribution in [2.45, 2.75) is 77.2 Å². The summed E-state index contributed by atoms with van der Waals surface area (Å²) in [6, 6.07) is 13.1. The lowest BCUT2D eigenvalue weighted by molar-refractivity contribution is -0.647. The molecule has 2 amide bonds. The zero-order valence-corrected chi connectivity index (χ0v) is 39.5. The third kappa shape index (κ3) is 10.1. The Morgan fingerprint density at radius 3 is 2.34 bits per heavy atom. The van der Waals surface area contributed by atoms with Crippen LogP contribution in [0.2, 0.25) is 0 Å². The molecular weight excluding hydrogens is 833 g/mol. The molecule has 3 aromatic rings. The first-order valence-electron chi connectivity index (χ1n) is 23.8. The first kappa shape index (κ1) is 44.3. The molecule has 2 aliphatic carbocycles. The van der Waals surface area contributed by atoms with E-state index in [1.54, 1.807) is 32.9 Å². The fourth-order valence-corrected chi connectivity index (χ4v) is 12.6. The molecule has 1 atom stereocenters. The number of anilines is 1. The number of aryl methyl sites for hydroxylation is 3. The van der Waals surface area contributed by atoms with Crippen LogP contribution in [0, 0.1) is 5.92 Å². The van der Waals surface area contributed by atoms with Gasteiger partial charge in [0.25, 0.3) is 23.5 Å². The van der Waals surface area contributed by atoms with E-state index >= 15 is 0 Å². The van der Waals surface area contributed by atoms with Crippen molar-refractivity contribution in [2.75, 3.05) is 69.3 Å². The van der Waals surface area contributed by atoms with E-state index in [1.165, 1.54) is 92.7 Å². The summed E-state index contributed by atoms with van der Waals surface area (Å²) in [5, 5.41) is 9.73. The number of hydrogen-bond acceptors (Lipinski definition) is 6. The lowest BCUT2D eigenvalue weighted by atomic mass is 9.80. The molecule has 10 nitrogen and oxygen atoms in total. The van der Waals surface area contributed by atoms with E-state index in [1.807, 2.05) is 13.1 Å². The number of piperidine rings is 1. The summed E-state index contributed by atoms with van der Waals surface area (Å²) < 4.78 is 6.43. The summed E-state index contributed by atoms with van der Waals surface area (Å²) in [5.41, 5.74) is 13.6. The average molecular weight is 899 g/mol. The van der Waals surface area contributed by atoms with Gasteiger partial charge in [0.2, 0.25) is 0 Å². The van der Waals surface area contributed by atoms with Crippen LogP contribution in [-0.4, -0.2) is 96.1 Å². The molecule has 1 saturated heterocycles. The van der Waals surface area contributed by atoms with E-state index < -0.39 is 0 Å². The van der Waals surface area contributed by atoms with E-state index in [9.17, 15) is 9.59 Å². The number of imidazole rings is 1. The molecular formula is C52H66N8O2S2+2. The largest absolute Gasteiger partial charge is 0.371 e. The number of amidine groups is 1. The van der Waals surface area contributed by atoms with Gasteiger partial charge >= 0.3 is 0 Å². The Kier molecular flexibility index (Phi) is 14.5. The molecule has 1 aromatic heterocycles. The molecule has 0 bridgehead atoms. The summed E-state index contributed by atoms with van der Waals surface area (Å²) in [6.07, 6.45) is 30.7. The maximum Gasteiger partial charge on any atom is 0.282 e. The minimum atomic E-state index is -0.000639. The number of rotatable bonds is 16. The van der Waals surface area contributed by atoms with Crippen LogP contribution in [0.1, 0.15) is 80.3 Å². The van der Waals surface area contributed by atoms with Crippen molar-refractivity contribution in [2.24, 2.45) is 13.0 Å². The SMILES string of the molecule is CNC(/C=C/C1C=C2CCCN3CCCC(=C23)C1)=[N+](CC(=O)NCCSSCCNC(=O)Cn1c(/C=C/c2cc3c4c(c2)CCCN4CCC3)[n+](C)c2ccccc21)C1=CCCC=C1. The van der Waals surface area contributed by atoms with Crippen LogP contribution in [0.4, 0.5) is 5.69 Å². The van der Waals surface area contributed by atoms with Gasteiger partial charge in [0.15, 0.2) is 24.1 Å². The molecule has 336 valence electrons. The predicted molar refractivity (Wildman–Crippen MR) is 266 cm³/mol. The minimum Gasteiger partial charge on any atom is -0.371 e. The van der Waals surface area contributed by atoms with Gasteiger partial charge in [0.1, 0.15) is 5.70 Å². The monoisotopic (exact) mass is 898 g/mol. The van der Waals surface area contributed by atoms with E-state index in [2.05, 4.69) is 125 Å². The Morgan fingerprint density at radius 2 is 1.59 bits per heavy atom. The number of allylic oxidation sites excluding steroid dienone is 7. The van der Waals surface area contributed by atoms with Crippen LogP contribution in [0.5, 0.6) is 0 Å². The summed E-state index contributed by atoms with van der Waals surface area (Å²) in [6.45, 7) is 6.42. The van der Waals surface area contributed by atoms with E-state index in [0.29, 0.717) is 19.0 Å². The van der Waals surface area contributed by atoms with Gasteiger partial charge in [0, 0.05) is 74.3 Å². The summed E-state index contributed by atoms with van der Waals surface area (Å²) in [5.74, 6) is 3.87. The second-order valence-corrected chi connectivity index (χ2v) is 20.6. The minimum absolute atomic E-state index is 0.000639. The van der Waals surface area contributed by atoms with E-state index in [0.717, 1.165) is 72.0 Å². The second-order valence-electron chi connectivity index (χ2n) is 17.9. The molecule has 0 saturated carbocycles. The topological polar surface area (TPSA) is 88.5 Å². The number of aromatic nitrogens is 2. The van der Waals surface area contributed by atoms with Gasteiger partial charge in [-0.25, -0.2) is 13.7 Å². The van der Waals surface area contributed by atoms with Crippen LogP contribution in [0.3, 0.4) is 0 Å². The fraction of sp³-hybridized carbons (Fsp3) is 0.462. The van der Waals surface area contributed by atoms with Crippen molar-refractivity contribution in [1.29, 1.82) is 0 Å². The van der Waals surface area contributed by atoms with E-state index in [4.69, 9.17) is 0 Å². The number of carbonyl (C=O) groups is 2. The Hall–Kier alpha value is -4.94. The molecule has 6 aliphatic rings. The highest BCUT2D eigenvalue weighted by Gasteiger charge is 2.31. The molecule has 12 heteroatoms. The van der Waals surface area contributed by atoms with Gasteiger partial charge < -0.3 is 20.4 Å². The van der Waals surface area contributed by atoms with Crippen molar-refractivity contribution >= 4 is 68.1 Å². The normalized spacial score (nSPS) is 19.7. The van der Waals surface area contributed by atoms with Crippen LogP contribution >= 0.6 is 21.6 Å². The standard InChI is InChI=1S/C52H64N8O2S2/c1-53-47(22-20-38-32-40-12-8-26-57-27-9-13-41(33-38)51(40)57)59(44-16-4-3-5-17-44)36-48(61)54-24-30-63-64-31-25-55-49(62)37-60-46-19-7-6-18-45(46)56(2)50(60)23-21-39-34-42-14-10-28-58-29-11-15-43(35-39)52(42)58/h4,6-7,16-23,32,34-35,38H,3,5,8-15,24-31,33,36-37H2,1-2H3,(H-,54,55,61,62)/p+2/b22-20+. The summed E-state index contributed by atoms with van der Waals surface area (Å²) in [7, 11) is 7.49. The highest BCUT2D eigenvalue weighted by Crippen LogP contribution is 2.41. The van der Waals surface area contributed by atoms with Crippen molar-refractivity contribution in [3.8, 4) is 0 Å². The number of hydrogen-bond donors (Lipinski definition) is 3. The molecule has 4 aliphatic heterocycles. The van der Waals surface area contributed by atoms with Crippen LogP contribution in [-0.2, 0) is 36.0 Å². The van der Waals surface area contributed by atoms with Gasteiger partial charge in [-0.3, -0.25) is 14.9 Å². The molecule has 1 unspecified atom stereocenters. The highest BCUT2D eigenvalue weighted by molar-refractivity contribution is 8.76. The first-order valence-corrected chi connectivity index (χ1v) is 26.3. The van der Waals surface area contributed by atoms with Crippen molar-refractivity contribution in [1.82, 2.24) is 25.4 Å². The Balaban J connectivity index is 0.746. The molecule has 2 aromatic carbocycles. The van der Waals surface area contributed by atoms with E-state index in [-0.39, 0.29) is 24.9 Å². The van der Waals surface area contributed by atoms with Gasteiger partial charge in [-0.05, 0) is 147 Å². The van der Waals surface area contributed by atoms with Gasteiger partial charge in [-0.15, -0.1) is 0 Å². The molecule has 64 heavy (non-hydrogen) atoms. The van der Waals surface area contributed by atoms with Gasteiger partial charge in [-0.1, -0.05) is 51.9 Å². The predicted octanol–water partition coefficient (Wildman–Crippen LogP) is 7.46. The Labute approximate surface area is 387 Å². The number of para-hydroxylation sites is 2. The zero-order chi connectivity index (χ0) is 43.8. The molecule has 0 spiro atoms. The third-order valence-corrected chi connectivity index (χ3v) is 16.0. The smallest absolute Gasteiger partial charge is 0.282 e. The number of nitrogens with one attached hydrogen (secondary N) is 3. The maximum absolute atomic E-state index is 13.4. The highest BCUT2D eigenvalue weighted by atomic mass is 33.1. The number of fused-ring (bicyclic) bond motifs is 1. The third-order valence-electron chi connectivity index (χ3n) is 13.6. The number of likely N-dealkylation sites (N-methyl/N-ethyl adjacent to an activating group) is 1. The van der Waals surface area contributed by atoms with Crippen molar-refractivity contribution < 1.29 is 18.7 Å². The molecule has 3 N–H and O–H groups in total. The lowest BCUT2D eigenvalue weighted by Crippen LogP contribution is -2.38. The zero-order valence-electron chi connectivity index (χ0n) is 37.9. The van der Waals surface area contributed by atoms with Crippen molar-refractivity contribution in [3.63, 3.8) is 0 Å². The van der Waals surface area contributed by atoms with Crippen molar-refractivity contribution in [3.05, 3.63) is 118 Å². The molecule has 0 radical (unpaired) electrons. The average Bonchev–Trinajstić information content (AvgIpc) is 3.58. The van der Waals surface area contributed by atoms with Gasteiger partial charge in [-0.2, -0.15) is 0 Å². The lowest BCUT2D eigenvalue weighted by Gasteiger charge is -2.41. The number of benzene rings is 2. The fourth-order valence-electron chi connectivity index (χ4n) is 10.7. The number of carbonyl (C=O) groups excluding carboxylic acids is 2. The quantitative estimate of drug-likeness (QED) is 0.0453. The summed E-state index contributed by atoms with van der Waals surface area (Å²) in [4.78, 5) is 32.0. The Bertz CT molecular complexity index is 2440. The van der Waals surface area contributed by atoms with Crippen LogP contribution in [0.25, 0.3) is 23.2 Å². The first-order chi connectivity index (χ1) is 31.4. The number of nitrogens with zero attached hydrogens (tertiary/aromatic N) is 5. The van der Waals surface area contributed by atoms with Crippen LogP contribution in [0.15, 0.2) is 95.4 Å². The Morgan fingerprint density at radius 1 is 0.875 bits per heavy atom.